The van der Waals surface area contributed by atoms with Crippen molar-refractivity contribution >= 4 is 5.97 Å². The van der Waals surface area contributed by atoms with E-state index in [0.717, 1.165) is 12.5 Å². The molecule has 1 fully saturated rings. The maximum atomic E-state index is 10.7. The van der Waals surface area contributed by atoms with Crippen LogP contribution >= 0.6 is 0 Å². The van der Waals surface area contributed by atoms with Crippen LogP contribution in [0.4, 0.5) is 0 Å². The Morgan fingerprint density at radius 3 is 2.50 bits per heavy atom. The molecule has 1 aliphatic carbocycles. The van der Waals surface area contributed by atoms with E-state index in [1.54, 1.807) is 0 Å². The monoisotopic (exact) mass is 171 g/mol. The van der Waals surface area contributed by atoms with Gasteiger partial charge in [-0.25, -0.2) is 0 Å². The summed E-state index contributed by atoms with van der Waals surface area (Å²) in [6.07, 6.45) is 2.52. The van der Waals surface area contributed by atoms with E-state index >= 15 is 0 Å². The van der Waals surface area contributed by atoms with Crippen molar-refractivity contribution in [3.05, 3.63) is 0 Å². The Morgan fingerprint density at radius 1 is 1.58 bits per heavy atom. The third kappa shape index (κ3) is 2.81. The van der Waals surface area contributed by atoms with Crippen molar-refractivity contribution in [3.63, 3.8) is 0 Å². The fourth-order valence-electron chi connectivity index (χ4n) is 1.22. The highest BCUT2D eigenvalue weighted by Gasteiger charge is 2.26. The van der Waals surface area contributed by atoms with Crippen molar-refractivity contribution in [2.75, 3.05) is 6.54 Å². The van der Waals surface area contributed by atoms with Crippen LogP contribution in [-0.2, 0) is 4.79 Å². The molecule has 1 atom stereocenters. The van der Waals surface area contributed by atoms with Crippen molar-refractivity contribution in [2.24, 2.45) is 11.8 Å². The van der Waals surface area contributed by atoms with Gasteiger partial charge in [0.25, 0.3) is 0 Å². The van der Waals surface area contributed by atoms with Gasteiger partial charge in [0.2, 0.25) is 0 Å². The maximum Gasteiger partial charge on any atom is 0.320 e. The summed E-state index contributed by atoms with van der Waals surface area (Å²) in [5.74, 6) is 0.178. The van der Waals surface area contributed by atoms with Gasteiger partial charge in [-0.3, -0.25) is 4.79 Å². The molecule has 1 aliphatic rings. The van der Waals surface area contributed by atoms with Crippen molar-refractivity contribution in [1.29, 1.82) is 0 Å². The molecule has 0 aromatic heterocycles. The smallest absolute Gasteiger partial charge is 0.320 e. The summed E-state index contributed by atoms with van der Waals surface area (Å²) < 4.78 is 0. The first-order chi connectivity index (χ1) is 5.61. The molecule has 0 heterocycles. The zero-order valence-corrected chi connectivity index (χ0v) is 7.71. The molecule has 0 bridgehead atoms. The van der Waals surface area contributed by atoms with Crippen LogP contribution in [0.5, 0.6) is 0 Å². The Hall–Kier alpha value is -0.570. The molecule has 0 amide bonds. The second-order valence-electron chi connectivity index (χ2n) is 3.91. The Balaban J connectivity index is 2.26. The molecule has 0 aromatic rings. The fraction of sp³-hybridized carbons (Fsp3) is 0.889. The van der Waals surface area contributed by atoms with Gasteiger partial charge in [0, 0.05) is 0 Å². The minimum atomic E-state index is -0.731. The van der Waals surface area contributed by atoms with E-state index in [9.17, 15) is 4.79 Å². The summed E-state index contributed by atoms with van der Waals surface area (Å²) in [7, 11) is 0. The predicted molar refractivity (Wildman–Crippen MR) is 47.0 cm³/mol. The van der Waals surface area contributed by atoms with E-state index in [1.807, 2.05) is 13.8 Å². The van der Waals surface area contributed by atoms with E-state index < -0.39 is 5.97 Å². The molecule has 0 radical (unpaired) electrons. The SMILES string of the molecule is CC(C)[C@H](NCC1CC1)C(=O)O. The topological polar surface area (TPSA) is 49.3 Å². The first-order valence-electron chi connectivity index (χ1n) is 4.57. The molecule has 0 spiro atoms. The second-order valence-corrected chi connectivity index (χ2v) is 3.91. The quantitative estimate of drug-likeness (QED) is 0.651. The maximum absolute atomic E-state index is 10.7. The van der Waals surface area contributed by atoms with E-state index in [0.29, 0.717) is 0 Å². The Morgan fingerprint density at radius 2 is 2.17 bits per heavy atom. The summed E-state index contributed by atoms with van der Waals surface area (Å²) in [6, 6.07) is -0.370. The highest BCUT2D eigenvalue weighted by atomic mass is 16.4. The number of rotatable bonds is 5. The van der Waals surface area contributed by atoms with Gasteiger partial charge in [-0.05, 0) is 31.2 Å². The Kier molecular flexibility index (Phi) is 3.09. The molecule has 0 saturated heterocycles. The van der Waals surface area contributed by atoms with E-state index in [1.165, 1.54) is 12.8 Å². The van der Waals surface area contributed by atoms with Gasteiger partial charge >= 0.3 is 5.97 Å². The largest absolute Gasteiger partial charge is 0.480 e. The number of carbonyl (C=O) groups is 1. The molecule has 0 unspecified atom stereocenters. The molecule has 0 aliphatic heterocycles. The molecule has 70 valence electrons. The highest BCUT2D eigenvalue weighted by molar-refractivity contribution is 5.73. The number of hydrogen-bond donors (Lipinski definition) is 2. The molecule has 3 nitrogen and oxygen atoms in total. The van der Waals surface area contributed by atoms with E-state index in [2.05, 4.69) is 5.32 Å². The first-order valence-corrected chi connectivity index (χ1v) is 4.57. The first kappa shape index (κ1) is 9.52. The van der Waals surface area contributed by atoms with Gasteiger partial charge in [-0.2, -0.15) is 0 Å². The third-order valence-corrected chi connectivity index (χ3v) is 2.26. The van der Waals surface area contributed by atoms with Crippen molar-refractivity contribution in [3.8, 4) is 0 Å². The molecule has 1 rings (SSSR count). The molecule has 3 heteroatoms. The number of carboxylic acids is 1. The summed E-state index contributed by atoms with van der Waals surface area (Å²) in [4.78, 5) is 10.7. The lowest BCUT2D eigenvalue weighted by molar-refractivity contribution is -0.140. The van der Waals surface area contributed by atoms with Crippen LogP contribution in [0.2, 0.25) is 0 Å². The van der Waals surface area contributed by atoms with Crippen LogP contribution in [-0.4, -0.2) is 23.7 Å². The fourth-order valence-corrected chi connectivity index (χ4v) is 1.22. The lowest BCUT2D eigenvalue weighted by Crippen LogP contribution is -2.41. The average Bonchev–Trinajstić information content (AvgIpc) is 2.69. The number of nitrogens with one attached hydrogen (secondary N) is 1. The average molecular weight is 171 g/mol. The summed E-state index contributed by atoms with van der Waals surface area (Å²) in [5.41, 5.74) is 0. The molecule has 2 N–H and O–H groups in total. The van der Waals surface area contributed by atoms with Gasteiger partial charge in [-0.1, -0.05) is 13.8 Å². The van der Waals surface area contributed by atoms with E-state index in [-0.39, 0.29) is 12.0 Å². The molecule has 1 saturated carbocycles. The molecule has 0 aromatic carbocycles. The van der Waals surface area contributed by atoms with Crippen molar-refractivity contribution < 1.29 is 9.90 Å². The lowest BCUT2D eigenvalue weighted by Gasteiger charge is -2.17. The number of aliphatic carboxylic acids is 1. The zero-order valence-electron chi connectivity index (χ0n) is 7.71. The third-order valence-electron chi connectivity index (χ3n) is 2.26. The Labute approximate surface area is 73.2 Å². The van der Waals surface area contributed by atoms with Crippen LogP contribution in [0.3, 0.4) is 0 Å². The van der Waals surface area contributed by atoms with Crippen LogP contribution in [0.15, 0.2) is 0 Å². The van der Waals surface area contributed by atoms with Crippen LogP contribution in [0.1, 0.15) is 26.7 Å². The number of hydrogen-bond acceptors (Lipinski definition) is 2. The standard InChI is InChI=1S/C9H17NO2/c1-6(2)8(9(11)12)10-5-7-3-4-7/h6-8,10H,3-5H2,1-2H3,(H,11,12)/t8-/m0/s1. The van der Waals surface area contributed by atoms with Crippen LogP contribution < -0.4 is 5.32 Å². The van der Waals surface area contributed by atoms with Gasteiger partial charge in [0.15, 0.2) is 0 Å². The van der Waals surface area contributed by atoms with Gasteiger partial charge in [-0.15, -0.1) is 0 Å². The normalized spacial score (nSPS) is 19.6. The molecule has 12 heavy (non-hydrogen) atoms. The summed E-state index contributed by atoms with van der Waals surface area (Å²) in [6.45, 7) is 4.73. The minimum absolute atomic E-state index is 0.168. The second kappa shape index (κ2) is 3.90. The van der Waals surface area contributed by atoms with Gasteiger partial charge < -0.3 is 10.4 Å². The van der Waals surface area contributed by atoms with Crippen molar-refractivity contribution in [2.45, 2.75) is 32.7 Å². The summed E-state index contributed by atoms with van der Waals surface area (Å²) >= 11 is 0. The van der Waals surface area contributed by atoms with Gasteiger partial charge in [0.1, 0.15) is 6.04 Å². The lowest BCUT2D eigenvalue weighted by atomic mass is 10.0. The molecular weight excluding hydrogens is 154 g/mol. The van der Waals surface area contributed by atoms with Crippen LogP contribution in [0, 0.1) is 11.8 Å². The Bertz CT molecular complexity index is 164. The van der Waals surface area contributed by atoms with Gasteiger partial charge in [0.05, 0.1) is 0 Å². The number of carboxylic acid groups (broad SMARTS) is 1. The van der Waals surface area contributed by atoms with E-state index in [4.69, 9.17) is 5.11 Å². The summed E-state index contributed by atoms with van der Waals surface area (Å²) in [5, 5.41) is 11.9. The minimum Gasteiger partial charge on any atom is -0.480 e. The van der Waals surface area contributed by atoms with Crippen LogP contribution in [0.25, 0.3) is 0 Å². The van der Waals surface area contributed by atoms with Crippen molar-refractivity contribution in [1.82, 2.24) is 5.32 Å². The highest BCUT2D eigenvalue weighted by Crippen LogP contribution is 2.27. The molecular formula is C9H17NO2. The zero-order chi connectivity index (χ0) is 9.14. The predicted octanol–water partition coefficient (Wildman–Crippen LogP) is 1.10.